The Balaban J connectivity index is 3.15. The Morgan fingerprint density at radius 3 is 1.74 bits per heavy atom. The van der Waals surface area contributed by atoms with Gasteiger partial charge in [0.1, 0.15) is 0 Å². The van der Waals surface area contributed by atoms with Crippen molar-refractivity contribution in [3.8, 4) is 0 Å². The molecule has 0 saturated carbocycles. The van der Waals surface area contributed by atoms with Gasteiger partial charge in [-0.25, -0.2) is 0 Å². The molecule has 2 rings (SSSR count). The summed E-state index contributed by atoms with van der Waals surface area (Å²) in [6, 6.07) is 6.04. The Hall–Kier alpha value is -1.94. The fraction of sp³-hybridized carbons (Fsp3) is 0. The van der Waals surface area contributed by atoms with Gasteiger partial charge < -0.3 is 30.1 Å². The second-order valence-corrected chi connectivity index (χ2v) is 4.85. The van der Waals surface area contributed by atoms with Crippen LogP contribution in [0.1, 0.15) is 10.4 Å². The summed E-state index contributed by atoms with van der Waals surface area (Å²) < 4.78 is 0. The molecule has 0 aromatic heterocycles. The number of fused-ring (bicyclic) bond motifs is 1. The van der Waals surface area contributed by atoms with Crippen molar-refractivity contribution in [2.75, 3.05) is 0 Å². The summed E-state index contributed by atoms with van der Waals surface area (Å²) in [6.45, 7) is 3.34. The predicted octanol–water partition coefficient (Wildman–Crippen LogP) is -3.75. The van der Waals surface area contributed by atoms with Gasteiger partial charge in [0.05, 0.1) is 0 Å². The van der Waals surface area contributed by atoms with Crippen molar-refractivity contribution in [2.45, 2.75) is 0 Å². The molecule has 0 bridgehead atoms. The van der Waals surface area contributed by atoms with Gasteiger partial charge in [0.25, 0.3) is 0 Å². The number of carbonyl (C=O) groups excluding carboxylic acids is 1. The average Bonchev–Trinajstić information content (AvgIpc) is 2.50. The van der Waals surface area contributed by atoms with Crippen LogP contribution >= 0.6 is 0 Å². The van der Waals surface area contributed by atoms with Gasteiger partial charge in [-0.1, -0.05) is 30.8 Å². The highest BCUT2D eigenvalue weighted by Gasteiger charge is 2.36. The SMILES string of the molecule is C=CC(=O)c1c(B(O)O)c(B(O)O)c(B(O)O)c2ccccc12. The number of hydrogen-bond acceptors (Lipinski definition) is 7. The highest BCUT2D eigenvalue weighted by atomic mass is 16.4. The van der Waals surface area contributed by atoms with Gasteiger partial charge in [-0.3, -0.25) is 4.79 Å². The lowest BCUT2D eigenvalue weighted by Crippen LogP contribution is -2.61. The van der Waals surface area contributed by atoms with Crippen molar-refractivity contribution in [2.24, 2.45) is 0 Å². The van der Waals surface area contributed by atoms with E-state index < -0.39 is 38.1 Å². The van der Waals surface area contributed by atoms with Gasteiger partial charge in [0.2, 0.25) is 0 Å². The third-order valence-electron chi connectivity index (χ3n) is 3.54. The van der Waals surface area contributed by atoms with E-state index >= 15 is 0 Å². The van der Waals surface area contributed by atoms with Gasteiger partial charge in [-0.05, 0) is 33.2 Å². The van der Waals surface area contributed by atoms with E-state index in [0.717, 1.165) is 6.08 Å². The Kier molecular flexibility index (Phi) is 5.05. The number of ketones is 1. The van der Waals surface area contributed by atoms with Crippen LogP contribution in [0.25, 0.3) is 10.8 Å². The topological polar surface area (TPSA) is 138 Å². The van der Waals surface area contributed by atoms with Crippen molar-refractivity contribution in [1.29, 1.82) is 0 Å². The van der Waals surface area contributed by atoms with E-state index in [4.69, 9.17) is 0 Å². The summed E-state index contributed by atoms with van der Waals surface area (Å²) in [5.41, 5.74) is -1.57. The zero-order valence-electron chi connectivity index (χ0n) is 11.9. The quantitative estimate of drug-likeness (QED) is 0.189. The largest absolute Gasteiger partial charge is 0.488 e. The molecular weight excluding hydrogens is 301 g/mol. The van der Waals surface area contributed by atoms with Gasteiger partial charge in [-0.2, -0.15) is 0 Å². The van der Waals surface area contributed by atoms with Crippen LogP contribution in [0.4, 0.5) is 0 Å². The minimum Gasteiger partial charge on any atom is -0.423 e. The van der Waals surface area contributed by atoms with Crippen LogP contribution in [-0.4, -0.2) is 57.3 Å². The molecule has 0 aliphatic rings. The van der Waals surface area contributed by atoms with Crippen LogP contribution in [-0.2, 0) is 0 Å². The molecule has 6 N–H and O–H groups in total. The molecule has 0 heterocycles. The molecule has 0 fully saturated rings. The Morgan fingerprint density at radius 2 is 1.30 bits per heavy atom. The van der Waals surface area contributed by atoms with E-state index in [1.54, 1.807) is 12.1 Å². The number of allylic oxidation sites excluding steroid dienone is 1. The van der Waals surface area contributed by atoms with Gasteiger partial charge in [0, 0.05) is 5.56 Å². The first kappa shape index (κ1) is 17.4. The van der Waals surface area contributed by atoms with E-state index in [1.807, 2.05) is 0 Å². The molecule has 23 heavy (non-hydrogen) atoms. The molecule has 10 heteroatoms. The minimum atomic E-state index is -2.26. The Morgan fingerprint density at radius 1 is 0.826 bits per heavy atom. The summed E-state index contributed by atoms with van der Waals surface area (Å²) in [6.07, 6.45) is 0.941. The summed E-state index contributed by atoms with van der Waals surface area (Å²) in [7, 11) is -6.63. The second kappa shape index (κ2) is 6.67. The fourth-order valence-electron chi connectivity index (χ4n) is 2.70. The molecule has 0 unspecified atom stereocenters. The highest BCUT2D eigenvalue weighted by molar-refractivity contribution is 6.81. The van der Waals surface area contributed by atoms with E-state index in [0.29, 0.717) is 0 Å². The van der Waals surface area contributed by atoms with Crippen LogP contribution in [0.15, 0.2) is 36.9 Å². The number of benzene rings is 2. The highest BCUT2D eigenvalue weighted by Crippen LogP contribution is 2.17. The van der Waals surface area contributed by atoms with Crippen molar-refractivity contribution in [3.63, 3.8) is 0 Å². The summed E-state index contributed by atoms with van der Waals surface area (Å²) in [4.78, 5) is 12.2. The van der Waals surface area contributed by atoms with Crippen LogP contribution in [0.3, 0.4) is 0 Å². The lowest BCUT2D eigenvalue weighted by molar-refractivity contribution is 0.104. The minimum absolute atomic E-state index is 0.167. The van der Waals surface area contributed by atoms with Crippen LogP contribution in [0.2, 0.25) is 0 Å². The lowest BCUT2D eigenvalue weighted by Gasteiger charge is -2.20. The molecule has 0 spiro atoms. The van der Waals surface area contributed by atoms with E-state index in [1.165, 1.54) is 12.1 Å². The molecule has 7 nitrogen and oxygen atoms in total. The molecule has 2 aromatic rings. The number of rotatable bonds is 5. The maximum Gasteiger partial charge on any atom is 0.488 e. The third kappa shape index (κ3) is 2.96. The van der Waals surface area contributed by atoms with Crippen molar-refractivity contribution >= 4 is 54.3 Å². The van der Waals surface area contributed by atoms with Crippen molar-refractivity contribution in [3.05, 3.63) is 42.5 Å². The normalized spacial score (nSPS) is 10.5. The van der Waals surface area contributed by atoms with E-state index in [9.17, 15) is 34.9 Å². The fourth-order valence-corrected chi connectivity index (χ4v) is 2.70. The first-order valence-corrected chi connectivity index (χ1v) is 6.64. The van der Waals surface area contributed by atoms with Crippen LogP contribution in [0.5, 0.6) is 0 Å². The zero-order chi connectivity index (χ0) is 17.3. The maximum absolute atomic E-state index is 12.2. The van der Waals surface area contributed by atoms with E-state index in [2.05, 4.69) is 6.58 Å². The molecule has 0 aliphatic heterocycles. The molecule has 0 atom stereocenters. The average molecular weight is 314 g/mol. The lowest BCUT2D eigenvalue weighted by atomic mass is 9.55. The first-order valence-electron chi connectivity index (χ1n) is 6.64. The Bertz CT molecular complexity index is 774. The molecule has 2 aromatic carbocycles. The summed E-state index contributed by atoms with van der Waals surface area (Å²) in [5.74, 6) is -0.676. The molecular formula is C13H13B3O7. The smallest absolute Gasteiger partial charge is 0.423 e. The molecule has 0 amide bonds. The Labute approximate surface area is 132 Å². The molecule has 116 valence electrons. The number of carbonyl (C=O) groups is 1. The van der Waals surface area contributed by atoms with Crippen molar-refractivity contribution in [1.82, 2.24) is 0 Å². The summed E-state index contributed by atoms with van der Waals surface area (Å²) in [5, 5.41) is 58.0. The van der Waals surface area contributed by atoms with Crippen molar-refractivity contribution < 1.29 is 34.9 Å². The van der Waals surface area contributed by atoms with Crippen LogP contribution < -0.4 is 16.4 Å². The monoisotopic (exact) mass is 314 g/mol. The zero-order valence-corrected chi connectivity index (χ0v) is 11.9. The van der Waals surface area contributed by atoms with Gasteiger partial charge in [0.15, 0.2) is 5.78 Å². The second-order valence-electron chi connectivity index (χ2n) is 4.85. The molecule has 0 aliphatic carbocycles. The molecule has 0 radical (unpaired) electrons. The van der Waals surface area contributed by atoms with E-state index in [-0.39, 0.29) is 21.8 Å². The standard InChI is InChI=1S/C13H13B3O7/c1-2-9(17)10-7-5-3-4-6-8(7)11(14(18)19)13(16(22)23)12(10)15(20)21/h2-6,18-23H,1H2. The third-order valence-corrected chi connectivity index (χ3v) is 3.54. The predicted molar refractivity (Wildman–Crippen MR) is 88.0 cm³/mol. The summed E-state index contributed by atoms with van der Waals surface area (Å²) >= 11 is 0. The number of hydrogen-bond donors (Lipinski definition) is 6. The van der Waals surface area contributed by atoms with Crippen LogP contribution in [0, 0.1) is 0 Å². The maximum atomic E-state index is 12.2. The van der Waals surface area contributed by atoms with Gasteiger partial charge in [-0.15, -0.1) is 0 Å². The van der Waals surface area contributed by atoms with Gasteiger partial charge >= 0.3 is 21.4 Å². The first-order chi connectivity index (χ1) is 10.8. The molecule has 0 saturated heterocycles.